The standard InChI is InChI=1S/C13H26N2/c1-3-13(9-14-12-7-8-12)15(2)10-11-5-4-6-11/h11-14H,3-10H2,1-2H3. The molecule has 0 aromatic carbocycles. The van der Waals surface area contributed by atoms with Crippen LogP contribution in [-0.4, -0.2) is 37.1 Å². The third-order valence-corrected chi connectivity index (χ3v) is 4.09. The summed E-state index contributed by atoms with van der Waals surface area (Å²) >= 11 is 0. The summed E-state index contributed by atoms with van der Waals surface area (Å²) < 4.78 is 0. The predicted octanol–water partition coefficient (Wildman–Crippen LogP) is 2.25. The molecule has 2 aliphatic rings. The highest BCUT2D eigenvalue weighted by molar-refractivity contribution is 4.84. The Hall–Kier alpha value is -0.0800. The zero-order valence-corrected chi connectivity index (χ0v) is 10.3. The van der Waals surface area contributed by atoms with Crippen molar-refractivity contribution < 1.29 is 0 Å². The first kappa shape index (κ1) is 11.4. The molecule has 2 rings (SSSR count). The highest BCUT2D eigenvalue weighted by Gasteiger charge is 2.25. The minimum atomic E-state index is 0.756. The van der Waals surface area contributed by atoms with Crippen LogP contribution in [0.3, 0.4) is 0 Å². The molecule has 88 valence electrons. The molecule has 0 aliphatic heterocycles. The van der Waals surface area contributed by atoms with Crippen LogP contribution >= 0.6 is 0 Å². The first-order valence-corrected chi connectivity index (χ1v) is 6.73. The van der Waals surface area contributed by atoms with Crippen molar-refractivity contribution in [3.63, 3.8) is 0 Å². The second kappa shape index (κ2) is 5.31. The summed E-state index contributed by atoms with van der Waals surface area (Å²) in [5, 5.41) is 3.66. The molecule has 1 unspecified atom stereocenters. The minimum absolute atomic E-state index is 0.756. The summed E-state index contributed by atoms with van der Waals surface area (Å²) in [6, 6.07) is 1.61. The fourth-order valence-electron chi connectivity index (χ4n) is 2.43. The number of nitrogens with zero attached hydrogens (tertiary/aromatic N) is 1. The van der Waals surface area contributed by atoms with Gasteiger partial charge in [0.25, 0.3) is 0 Å². The Balaban J connectivity index is 1.65. The highest BCUT2D eigenvalue weighted by atomic mass is 15.2. The minimum Gasteiger partial charge on any atom is -0.312 e. The van der Waals surface area contributed by atoms with Crippen molar-refractivity contribution in [2.24, 2.45) is 5.92 Å². The molecular formula is C13H26N2. The van der Waals surface area contributed by atoms with Crippen molar-refractivity contribution in [3.05, 3.63) is 0 Å². The Labute approximate surface area is 94.4 Å². The van der Waals surface area contributed by atoms with E-state index in [0.29, 0.717) is 0 Å². The molecule has 2 aliphatic carbocycles. The van der Waals surface area contributed by atoms with E-state index in [9.17, 15) is 0 Å². The van der Waals surface area contributed by atoms with Gasteiger partial charge >= 0.3 is 0 Å². The number of rotatable bonds is 7. The van der Waals surface area contributed by atoms with Gasteiger partial charge in [-0.15, -0.1) is 0 Å². The van der Waals surface area contributed by atoms with Gasteiger partial charge in [-0.05, 0) is 45.1 Å². The van der Waals surface area contributed by atoms with Gasteiger partial charge in [0.15, 0.2) is 0 Å². The van der Waals surface area contributed by atoms with Gasteiger partial charge in [-0.1, -0.05) is 13.3 Å². The second-order valence-corrected chi connectivity index (χ2v) is 5.48. The lowest BCUT2D eigenvalue weighted by molar-refractivity contribution is 0.156. The molecule has 1 atom stereocenters. The van der Waals surface area contributed by atoms with Gasteiger partial charge in [-0.3, -0.25) is 0 Å². The lowest BCUT2D eigenvalue weighted by atomic mass is 9.85. The maximum absolute atomic E-state index is 3.66. The van der Waals surface area contributed by atoms with E-state index in [1.165, 1.54) is 51.6 Å². The lowest BCUT2D eigenvalue weighted by Gasteiger charge is -2.34. The van der Waals surface area contributed by atoms with Crippen LogP contribution in [-0.2, 0) is 0 Å². The van der Waals surface area contributed by atoms with Crippen molar-refractivity contribution in [1.82, 2.24) is 10.2 Å². The van der Waals surface area contributed by atoms with Crippen LogP contribution in [0.2, 0.25) is 0 Å². The number of nitrogens with one attached hydrogen (secondary N) is 1. The van der Waals surface area contributed by atoms with Crippen LogP contribution in [0.4, 0.5) is 0 Å². The van der Waals surface area contributed by atoms with Crippen molar-refractivity contribution in [1.29, 1.82) is 0 Å². The molecule has 0 saturated heterocycles. The third-order valence-electron chi connectivity index (χ3n) is 4.09. The molecule has 2 saturated carbocycles. The summed E-state index contributed by atoms with van der Waals surface area (Å²) in [5.41, 5.74) is 0. The Kier molecular flexibility index (Phi) is 4.04. The van der Waals surface area contributed by atoms with Crippen LogP contribution in [0.25, 0.3) is 0 Å². The third kappa shape index (κ3) is 3.46. The van der Waals surface area contributed by atoms with E-state index < -0.39 is 0 Å². The predicted molar refractivity (Wildman–Crippen MR) is 65.1 cm³/mol. The SMILES string of the molecule is CCC(CNC1CC1)N(C)CC1CCC1. The molecule has 0 spiro atoms. The largest absolute Gasteiger partial charge is 0.312 e. The quantitative estimate of drug-likeness (QED) is 0.693. The molecule has 0 bridgehead atoms. The topological polar surface area (TPSA) is 15.3 Å². The van der Waals surface area contributed by atoms with E-state index in [1.54, 1.807) is 0 Å². The number of likely N-dealkylation sites (N-methyl/N-ethyl adjacent to an activating group) is 1. The van der Waals surface area contributed by atoms with Gasteiger partial charge < -0.3 is 10.2 Å². The average Bonchev–Trinajstić information content (AvgIpc) is 2.96. The fourth-order valence-corrected chi connectivity index (χ4v) is 2.43. The van der Waals surface area contributed by atoms with Gasteiger partial charge in [0.05, 0.1) is 0 Å². The van der Waals surface area contributed by atoms with Gasteiger partial charge in [0.1, 0.15) is 0 Å². The summed E-state index contributed by atoms with van der Waals surface area (Å²) in [6.45, 7) is 4.84. The molecule has 0 amide bonds. The van der Waals surface area contributed by atoms with Crippen molar-refractivity contribution in [2.45, 2.75) is 57.5 Å². The molecule has 0 aromatic heterocycles. The zero-order valence-electron chi connectivity index (χ0n) is 10.3. The Morgan fingerprint density at radius 1 is 1.27 bits per heavy atom. The summed E-state index contributed by atoms with van der Waals surface area (Å²) in [7, 11) is 2.31. The highest BCUT2D eigenvalue weighted by Crippen LogP contribution is 2.27. The lowest BCUT2D eigenvalue weighted by Crippen LogP contribution is -2.43. The zero-order chi connectivity index (χ0) is 10.7. The van der Waals surface area contributed by atoms with Crippen LogP contribution in [0.5, 0.6) is 0 Å². The van der Waals surface area contributed by atoms with Gasteiger partial charge in [0, 0.05) is 25.2 Å². The van der Waals surface area contributed by atoms with E-state index in [-0.39, 0.29) is 0 Å². The normalized spacial score (nSPS) is 24.2. The fraction of sp³-hybridized carbons (Fsp3) is 1.00. The van der Waals surface area contributed by atoms with Gasteiger partial charge in [0.2, 0.25) is 0 Å². The number of hydrogen-bond acceptors (Lipinski definition) is 2. The Morgan fingerprint density at radius 2 is 2.00 bits per heavy atom. The van der Waals surface area contributed by atoms with Crippen molar-refractivity contribution in [3.8, 4) is 0 Å². The van der Waals surface area contributed by atoms with E-state index in [2.05, 4.69) is 24.2 Å². The van der Waals surface area contributed by atoms with Gasteiger partial charge in [-0.2, -0.15) is 0 Å². The van der Waals surface area contributed by atoms with Crippen molar-refractivity contribution >= 4 is 0 Å². The molecule has 2 fully saturated rings. The van der Waals surface area contributed by atoms with Crippen LogP contribution in [0.15, 0.2) is 0 Å². The maximum Gasteiger partial charge on any atom is 0.0215 e. The molecule has 1 N–H and O–H groups in total. The Morgan fingerprint density at radius 3 is 2.47 bits per heavy atom. The average molecular weight is 210 g/mol. The molecular weight excluding hydrogens is 184 g/mol. The van der Waals surface area contributed by atoms with Crippen molar-refractivity contribution in [2.75, 3.05) is 20.1 Å². The summed E-state index contributed by atoms with van der Waals surface area (Å²) in [5.74, 6) is 1.00. The van der Waals surface area contributed by atoms with Crippen LogP contribution in [0.1, 0.15) is 45.4 Å². The number of hydrogen-bond donors (Lipinski definition) is 1. The van der Waals surface area contributed by atoms with Gasteiger partial charge in [-0.25, -0.2) is 0 Å². The molecule has 2 nitrogen and oxygen atoms in total. The van der Waals surface area contributed by atoms with E-state index in [1.807, 2.05) is 0 Å². The van der Waals surface area contributed by atoms with E-state index in [0.717, 1.165) is 18.0 Å². The molecule has 0 radical (unpaired) electrons. The molecule has 2 heteroatoms. The van der Waals surface area contributed by atoms with Crippen LogP contribution < -0.4 is 5.32 Å². The summed E-state index contributed by atoms with van der Waals surface area (Å²) in [6.07, 6.45) is 8.50. The van der Waals surface area contributed by atoms with E-state index in [4.69, 9.17) is 0 Å². The molecule has 0 heterocycles. The maximum atomic E-state index is 3.66. The van der Waals surface area contributed by atoms with Crippen LogP contribution in [0, 0.1) is 5.92 Å². The first-order chi connectivity index (χ1) is 7.29. The summed E-state index contributed by atoms with van der Waals surface area (Å²) in [4.78, 5) is 2.58. The monoisotopic (exact) mass is 210 g/mol. The second-order valence-electron chi connectivity index (χ2n) is 5.48. The molecule has 0 aromatic rings. The Bertz CT molecular complexity index is 185. The smallest absolute Gasteiger partial charge is 0.0215 e. The molecule has 15 heavy (non-hydrogen) atoms. The first-order valence-electron chi connectivity index (χ1n) is 6.73. The van der Waals surface area contributed by atoms with E-state index >= 15 is 0 Å².